The number of rotatable bonds is 3. The SMILES string of the molecule is COc1ccc(-c2csc(CBr)n2)cc1C. The van der Waals surface area contributed by atoms with E-state index in [1.54, 1.807) is 18.4 Å². The molecule has 0 N–H and O–H groups in total. The second-order valence-electron chi connectivity index (χ2n) is 3.44. The van der Waals surface area contributed by atoms with Crippen molar-refractivity contribution in [2.75, 3.05) is 7.11 Å². The van der Waals surface area contributed by atoms with E-state index < -0.39 is 0 Å². The van der Waals surface area contributed by atoms with E-state index in [9.17, 15) is 0 Å². The summed E-state index contributed by atoms with van der Waals surface area (Å²) in [6, 6.07) is 6.13. The zero-order valence-electron chi connectivity index (χ0n) is 9.16. The lowest BCUT2D eigenvalue weighted by molar-refractivity contribution is 0.412. The van der Waals surface area contributed by atoms with Crippen molar-refractivity contribution < 1.29 is 4.74 Å². The normalized spacial score (nSPS) is 10.4. The number of hydrogen-bond acceptors (Lipinski definition) is 3. The number of aromatic nitrogens is 1. The van der Waals surface area contributed by atoms with Crippen molar-refractivity contribution in [2.24, 2.45) is 0 Å². The van der Waals surface area contributed by atoms with Crippen LogP contribution in [-0.4, -0.2) is 12.1 Å². The van der Waals surface area contributed by atoms with Crippen LogP contribution in [0.1, 0.15) is 10.6 Å². The van der Waals surface area contributed by atoms with Crippen LogP contribution in [0.5, 0.6) is 5.75 Å². The van der Waals surface area contributed by atoms with Crippen LogP contribution in [0.3, 0.4) is 0 Å². The molecule has 0 aliphatic rings. The first-order valence-electron chi connectivity index (χ1n) is 4.90. The molecule has 2 rings (SSSR count). The third-order valence-corrected chi connectivity index (χ3v) is 4.11. The van der Waals surface area contributed by atoms with Crippen LogP contribution in [0.15, 0.2) is 23.6 Å². The predicted molar refractivity (Wildman–Crippen MR) is 71.5 cm³/mol. The molecule has 0 radical (unpaired) electrons. The maximum Gasteiger partial charge on any atom is 0.121 e. The molecule has 0 atom stereocenters. The molecule has 0 saturated heterocycles. The van der Waals surface area contributed by atoms with E-state index in [0.29, 0.717) is 0 Å². The summed E-state index contributed by atoms with van der Waals surface area (Å²) in [7, 11) is 1.69. The quantitative estimate of drug-likeness (QED) is 0.798. The van der Waals surface area contributed by atoms with E-state index in [-0.39, 0.29) is 0 Å². The van der Waals surface area contributed by atoms with Crippen molar-refractivity contribution in [1.29, 1.82) is 0 Å². The highest BCUT2D eigenvalue weighted by Crippen LogP contribution is 2.27. The zero-order chi connectivity index (χ0) is 11.5. The molecule has 0 aliphatic carbocycles. The number of benzene rings is 1. The van der Waals surface area contributed by atoms with Gasteiger partial charge in [0.15, 0.2) is 0 Å². The van der Waals surface area contributed by atoms with Crippen LogP contribution in [0.25, 0.3) is 11.3 Å². The molecule has 2 aromatic rings. The fourth-order valence-corrected chi connectivity index (χ4v) is 2.71. The molecule has 1 aromatic heterocycles. The van der Waals surface area contributed by atoms with Crippen LogP contribution >= 0.6 is 27.3 Å². The minimum Gasteiger partial charge on any atom is -0.496 e. The highest BCUT2D eigenvalue weighted by Gasteiger charge is 2.06. The van der Waals surface area contributed by atoms with Gasteiger partial charge in [0.1, 0.15) is 10.8 Å². The van der Waals surface area contributed by atoms with Gasteiger partial charge in [0.2, 0.25) is 0 Å². The topological polar surface area (TPSA) is 22.1 Å². The van der Waals surface area contributed by atoms with Gasteiger partial charge in [-0.1, -0.05) is 15.9 Å². The number of hydrogen-bond donors (Lipinski definition) is 0. The van der Waals surface area contributed by atoms with Gasteiger partial charge in [-0.15, -0.1) is 11.3 Å². The van der Waals surface area contributed by atoms with Crippen LogP contribution in [-0.2, 0) is 5.33 Å². The molecule has 0 amide bonds. The van der Waals surface area contributed by atoms with E-state index in [1.165, 1.54) is 0 Å². The van der Waals surface area contributed by atoms with Crippen molar-refractivity contribution in [2.45, 2.75) is 12.3 Å². The third-order valence-electron chi connectivity index (χ3n) is 2.36. The van der Waals surface area contributed by atoms with Crippen LogP contribution in [0.4, 0.5) is 0 Å². The van der Waals surface area contributed by atoms with Gasteiger partial charge < -0.3 is 4.74 Å². The minimum absolute atomic E-state index is 0.812. The fraction of sp³-hybridized carbons (Fsp3) is 0.250. The van der Waals surface area contributed by atoms with Gasteiger partial charge in [0.05, 0.1) is 18.1 Å². The fourth-order valence-electron chi connectivity index (χ4n) is 1.54. The molecule has 0 bridgehead atoms. The molecule has 0 saturated carbocycles. The van der Waals surface area contributed by atoms with Crippen molar-refractivity contribution in [3.63, 3.8) is 0 Å². The van der Waals surface area contributed by atoms with Crippen molar-refractivity contribution in [1.82, 2.24) is 4.98 Å². The first kappa shape index (κ1) is 11.6. The number of alkyl halides is 1. The van der Waals surface area contributed by atoms with Gasteiger partial charge in [-0.3, -0.25) is 0 Å². The summed E-state index contributed by atoms with van der Waals surface area (Å²) in [5, 5.41) is 3.99. The molecule has 0 aliphatic heterocycles. The average molecular weight is 298 g/mol. The highest BCUT2D eigenvalue weighted by atomic mass is 79.9. The minimum atomic E-state index is 0.812. The molecule has 0 spiro atoms. The van der Waals surface area contributed by atoms with Gasteiger partial charge >= 0.3 is 0 Å². The molecule has 84 valence electrons. The molecule has 0 fully saturated rings. The summed E-state index contributed by atoms with van der Waals surface area (Å²) < 4.78 is 5.24. The van der Waals surface area contributed by atoms with Crippen molar-refractivity contribution in [3.8, 4) is 17.0 Å². The average Bonchev–Trinajstić information content (AvgIpc) is 2.77. The third kappa shape index (κ3) is 2.28. The Labute approximate surface area is 107 Å². The molecule has 1 heterocycles. The molecular formula is C12H12BrNOS. The monoisotopic (exact) mass is 297 g/mol. The molecule has 2 nitrogen and oxygen atoms in total. The number of halogens is 1. The largest absolute Gasteiger partial charge is 0.496 e. The van der Waals surface area contributed by atoms with E-state index in [2.05, 4.69) is 32.4 Å². The van der Waals surface area contributed by atoms with E-state index in [1.807, 2.05) is 19.1 Å². The highest BCUT2D eigenvalue weighted by molar-refractivity contribution is 9.08. The maximum atomic E-state index is 5.24. The van der Waals surface area contributed by atoms with Gasteiger partial charge in [0.25, 0.3) is 0 Å². The lowest BCUT2D eigenvalue weighted by Crippen LogP contribution is -1.88. The summed E-state index contributed by atoms with van der Waals surface area (Å²) in [6.45, 7) is 2.04. The summed E-state index contributed by atoms with van der Waals surface area (Å²) >= 11 is 5.08. The smallest absolute Gasteiger partial charge is 0.121 e. The van der Waals surface area contributed by atoms with E-state index in [0.717, 1.165) is 32.9 Å². The second kappa shape index (κ2) is 4.97. The molecule has 1 aromatic carbocycles. The summed E-state index contributed by atoms with van der Waals surface area (Å²) in [5.74, 6) is 0.916. The first-order valence-corrected chi connectivity index (χ1v) is 6.90. The van der Waals surface area contributed by atoms with Crippen LogP contribution in [0.2, 0.25) is 0 Å². The molecule has 16 heavy (non-hydrogen) atoms. The van der Waals surface area contributed by atoms with Gasteiger partial charge in [-0.2, -0.15) is 0 Å². The van der Waals surface area contributed by atoms with Gasteiger partial charge in [-0.25, -0.2) is 4.98 Å². The maximum absolute atomic E-state index is 5.24. The Morgan fingerprint density at radius 2 is 2.25 bits per heavy atom. The number of ether oxygens (including phenoxy) is 1. The Morgan fingerprint density at radius 3 is 2.81 bits per heavy atom. The van der Waals surface area contributed by atoms with Gasteiger partial charge in [-0.05, 0) is 30.7 Å². The zero-order valence-corrected chi connectivity index (χ0v) is 11.6. The molecule has 0 unspecified atom stereocenters. The number of aryl methyl sites for hydroxylation is 1. The second-order valence-corrected chi connectivity index (χ2v) is 4.95. The summed E-state index contributed by atoms with van der Waals surface area (Å²) in [4.78, 5) is 4.53. The lowest BCUT2D eigenvalue weighted by atomic mass is 10.1. The van der Waals surface area contributed by atoms with Crippen molar-refractivity contribution >= 4 is 27.3 Å². The standard InChI is InChI=1S/C12H12BrNOS/c1-8-5-9(3-4-11(8)15-2)10-7-16-12(6-13)14-10/h3-5,7H,6H2,1-2H3. The summed E-state index contributed by atoms with van der Waals surface area (Å²) in [6.07, 6.45) is 0. The number of nitrogens with zero attached hydrogens (tertiary/aromatic N) is 1. The predicted octanol–water partition coefficient (Wildman–Crippen LogP) is 4.02. The van der Waals surface area contributed by atoms with E-state index in [4.69, 9.17) is 4.74 Å². The van der Waals surface area contributed by atoms with Gasteiger partial charge in [0, 0.05) is 10.9 Å². The first-order chi connectivity index (χ1) is 7.74. The Kier molecular flexibility index (Phi) is 3.61. The lowest BCUT2D eigenvalue weighted by Gasteiger charge is -2.05. The van der Waals surface area contributed by atoms with Crippen molar-refractivity contribution in [3.05, 3.63) is 34.2 Å². The number of thiazole rings is 1. The Hall–Kier alpha value is -0.870. The Balaban J connectivity index is 2.37. The molecule has 4 heteroatoms. The van der Waals surface area contributed by atoms with Crippen LogP contribution in [0, 0.1) is 6.92 Å². The number of methoxy groups -OCH3 is 1. The molecular weight excluding hydrogens is 286 g/mol. The van der Waals surface area contributed by atoms with E-state index >= 15 is 0 Å². The Morgan fingerprint density at radius 1 is 1.44 bits per heavy atom. The Bertz CT molecular complexity index is 496. The summed E-state index contributed by atoms with van der Waals surface area (Å²) in [5.41, 5.74) is 3.31. The van der Waals surface area contributed by atoms with Crippen LogP contribution < -0.4 is 4.74 Å².